The molecule has 0 spiro atoms. The molecule has 0 saturated heterocycles. The van der Waals surface area contributed by atoms with Gasteiger partial charge in [-0.2, -0.15) is 5.10 Å². The Hall–Kier alpha value is -4.73. The van der Waals surface area contributed by atoms with Gasteiger partial charge in [-0.05, 0) is 56.3 Å². The summed E-state index contributed by atoms with van der Waals surface area (Å²) < 4.78 is 12.7. The minimum Gasteiger partial charge on any atom is -0.459 e. The number of nitrogens with one attached hydrogen (secondary N) is 1. The molecular weight excluding hydrogens is 426 g/mol. The summed E-state index contributed by atoms with van der Waals surface area (Å²) in [5.41, 5.74) is 6.02. The van der Waals surface area contributed by atoms with E-state index in [2.05, 4.69) is 15.5 Å². The summed E-state index contributed by atoms with van der Waals surface area (Å²) in [5.74, 6) is 0.564. The lowest BCUT2D eigenvalue weighted by atomic mass is 10.2. The van der Waals surface area contributed by atoms with Crippen LogP contribution in [0, 0.1) is 24.0 Å². The molecule has 4 rings (SSSR count). The highest BCUT2D eigenvalue weighted by atomic mass is 16.6. The van der Waals surface area contributed by atoms with Crippen LogP contribution in [0.2, 0.25) is 0 Å². The van der Waals surface area contributed by atoms with Crippen LogP contribution in [0.3, 0.4) is 0 Å². The summed E-state index contributed by atoms with van der Waals surface area (Å²) in [4.78, 5) is 26.1. The molecule has 1 amide bonds. The van der Waals surface area contributed by atoms with Gasteiger partial charge in [0.05, 0.1) is 17.4 Å². The number of pyridine rings is 1. The Bertz CT molecular complexity index is 1310. The molecule has 0 fully saturated rings. The van der Waals surface area contributed by atoms with Gasteiger partial charge in [-0.1, -0.05) is 0 Å². The third kappa shape index (κ3) is 4.79. The molecule has 0 atom stereocenters. The van der Waals surface area contributed by atoms with Gasteiger partial charge in [0.15, 0.2) is 5.76 Å². The van der Waals surface area contributed by atoms with Gasteiger partial charge in [0.2, 0.25) is 5.88 Å². The number of carbonyl (C=O) groups excluding carboxylic acids is 1. The van der Waals surface area contributed by atoms with E-state index in [-0.39, 0.29) is 17.3 Å². The van der Waals surface area contributed by atoms with Crippen LogP contribution in [0.25, 0.3) is 5.69 Å². The monoisotopic (exact) mass is 445 g/mol. The summed E-state index contributed by atoms with van der Waals surface area (Å²) in [6.45, 7) is 3.92. The zero-order chi connectivity index (χ0) is 23.4. The molecule has 10 nitrogen and oxygen atoms in total. The average molecular weight is 445 g/mol. The fourth-order valence-electron chi connectivity index (χ4n) is 3.26. The molecule has 0 aliphatic rings. The maximum absolute atomic E-state index is 11.9. The molecule has 33 heavy (non-hydrogen) atoms. The topological polar surface area (TPSA) is 125 Å². The van der Waals surface area contributed by atoms with E-state index in [1.165, 1.54) is 18.4 Å². The molecule has 0 unspecified atom stereocenters. The highest BCUT2D eigenvalue weighted by Crippen LogP contribution is 2.25. The molecule has 166 valence electrons. The van der Waals surface area contributed by atoms with Crippen molar-refractivity contribution in [3.63, 3.8) is 0 Å². The van der Waals surface area contributed by atoms with Crippen molar-refractivity contribution in [1.82, 2.24) is 15.0 Å². The number of nitro groups is 1. The maximum atomic E-state index is 11.9. The van der Waals surface area contributed by atoms with Crippen molar-refractivity contribution in [1.29, 1.82) is 0 Å². The summed E-state index contributed by atoms with van der Waals surface area (Å²) in [6.07, 6.45) is 4.15. The highest BCUT2D eigenvalue weighted by molar-refractivity contribution is 5.92. The third-order valence-corrected chi connectivity index (χ3v) is 4.83. The zero-order valence-corrected chi connectivity index (χ0v) is 17.8. The fourth-order valence-corrected chi connectivity index (χ4v) is 3.26. The molecule has 0 aliphatic heterocycles. The van der Waals surface area contributed by atoms with Gasteiger partial charge in [0.1, 0.15) is 11.9 Å². The van der Waals surface area contributed by atoms with Crippen molar-refractivity contribution in [3.05, 3.63) is 99.9 Å². The molecule has 0 aliphatic carbocycles. The Balaban J connectivity index is 1.46. The SMILES string of the molecule is Cc1cc(/C=N\NC(=O)c2ccco2)c(C)n1-c1ccc(Oc2ccc([N+](=O)[O-])cn2)cc1. The maximum Gasteiger partial charge on any atom is 0.307 e. The molecule has 4 aromatic rings. The van der Waals surface area contributed by atoms with Crippen LogP contribution in [0.15, 0.2) is 76.6 Å². The zero-order valence-electron chi connectivity index (χ0n) is 17.8. The number of aryl methyl sites for hydroxylation is 1. The number of ether oxygens (including phenoxy) is 1. The molecular formula is C23H19N5O5. The van der Waals surface area contributed by atoms with Gasteiger partial charge < -0.3 is 13.7 Å². The minimum absolute atomic E-state index is 0.101. The number of amides is 1. The summed E-state index contributed by atoms with van der Waals surface area (Å²) in [7, 11) is 0. The highest BCUT2D eigenvalue weighted by Gasteiger charge is 2.11. The van der Waals surface area contributed by atoms with Gasteiger partial charge in [0, 0.05) is 34.8 Å². The van der Waals surface area contributed by atoms with Crippen molar-refractivity contribution < 1.29 is 18.9 Å². The number of furan rings is 1. The number of aromatic nitrogens is 2. The fraction of sp³-hybridized carbons (Fsp3) is 0.0870. The Morgan fingerprint density at radius 1 is 1.21 bits per heavy atom. The predicted octanol–water partition coefficient (Wildman–Crippen LogP) is 4.55. The third-order valence-electron chi connectivity index (χ3n) is 4.83. The normalized spacial score (nSPS) is 11.0. The van der Waals surface area contributed by atoms with Crippen molar-refractivity contribution in [2.75, 3.05) is 0 Å². The van der Waals surface area contributed by atoms with E-state index in [0.29, 0.717) is 5.75 Å². The minimum atomic E-state index is -0.515. The van der Waals surface area contributed by atoms with Gasteiger partial charge in [-0.25, -0.2) is 10.4 Å². The second-order valence-corrected chi connectivity index (χ2v) is 7.05. The smallest absolute Gasteiger partial charge is 0.307 e. The van der Waals surface area contributed by atoms with Crippen molar-refractivity contribution in [2.24, 2.45) is 5.10 Å². The number of carbonyl (C=O) groups is 1. The quantitative estimate of drug-likeness (QED) is 0.253. The molecule has 0 bridgehead atoms. The Kier molecular flexibility index (Phi) is 5.98. The molecule has 3 aromatic heterocycles. The van der Waals surface area contributed by atoms with E-state index in [0.717, 1.165) is 28.8 Å². The van der Waals surface area contributed by atoms with Crippen LogP contribution in [-0.2, 0) is 0 Å². The van der Waals surface area contributed by atoms with Crippen LogP contribution in [0.1, 0.15) is 27.5 Å². The number of hydrazone groups is 1. The summed E-state index contributed by atoms with van der Waals surface area (Å²) in [5, 5.41) is 14.7. The molecule has 0 radical (unpaired) electrons. The Labute approximate surface area is 188 Å². The lowest BCUT2D eigenvalue weighted by Crippen LogP contribution is -2.16. The van der Waals surface area contributed by atoms with Crippen LogP contribution in [0.5, 0.6) is 11.6 Å². The number of benzene rings is 1. The summed E-state index contributed by atoms with van der Waals surface area (Å²) >= 11 is 0. The number of hydrogen-bond donors (Lipinski definition) is 1. The Morgan fingerprint density at radius 3 is 2.64 bits per heavy atom. The first-order chi connectivity index (χ1) is 15.9. The van der Waals surface area contributed by atoms with E-state index >= 15 is 0 Å². The second-order valence-electron chi connectivity index (χ2n) is 7.05. The van der Waals surface area contributed by atoms with Crippen LogP contribution in [0.4, 0.5) is 5.69 Å². The van der Waals surface area contributed by atoms with E-state index in [1.54, 1.807) is 30.5 Å². The van der Waals surface area contributed by atoms with E-state index in [9.17, 15) is 14.9 Å². The first kappa shape index (κ1) is 21.5. The summed E-state index contributed by atoms with van der Waals surface area (Å²) in [6, 6.07) is 15.3. The van der Waals surface area contributed by atoms with Gasteiger partial charge in [-0.15, -0.1) is 0 Å². The lowest BCUT2D eigenvalue weighted by molar-refractivity contribution is -0.385. The molecule has 1 N–H and O–H groups in total. The van der Waals surface area contributed by atoms with Crippen molar-refractivity contribution in [3.8, 4) is 17.3 Å². The number of nitrogens with zero attached hydrogens (tertiary/aromatic N) is 4. The van der Waals surface area contributed by atoms with E-state index < -0.39 is 10.8 Å². The largest absolute Gasteiger partial charge is 0.459 e. The van der Waals surface area contributed by atoms with E-state index in [1.807, 2.05) is 36.6 Å². The number of hydrogen-bond acceptors (Lipinski definition) is 7. The van der Waals surface area contributed by atoms with Crippen LogP contribution in [-0.4, -0.2) is 26.6 Å². The molecule has 1 aromatic carbocycles. The average Bonchev–Trinajstić information content (AvgIpc) is 3.43. The number of rotatable bonds is 7. The van der Waals surface area contributed by atoms with Gasteiger partial charge in [0.25, 0.3) is 5.69 Å². The first-order valence-corrected chi connectivity index (χ1v) is 9.87. The van der Waals surface area contributed by atoms with Crippen molar-refractivity contribution >= 4 is 17.8 Å². The predicted molar refractivity (Wildman–Crippen MR) is 120 cm³/mol. The molecule has 3 heterocycles. The van der Waals surface area contributed by atoms with Gasteiger partial charge >= 0.3 is 5.91 Å². The standard InChI is InChI=1S/C23H19N5O5/c1-15-12-17(13-25-26-23(29)21-4-3-11-32-21)16(2)27(15)18-5-8-20(9-6-18)33-22-10-7-19(14-24-22)28(30)31/h3-14H,1-2H3,(H,26,29)/b25-13-. The van der Waals surface area contributed by atoms with Crippen LogP contribution >= 0.6 is 0 Å². The Morgan fingerprint density at radius 2 is 2.00 bits per heavy atom. The molecule has 10 heteroatoms. The van der Waals surface area contributed by atoms with Gasteiger partial charge in [-0.3, -0.25) is 14.9 Å². The lowest BCUT2D eigenvalue weighted by Gasteiger charge is -2.11. The first-order valence-electron chi connectivity index (χ1n) is 9.87. The van der Waals surface area contributed by atoms with E-state index in [4.69, 9.17) is 9.15 Å². The second kappa shape index (κ2) is 9.18. The van der Waals surface area contributed by atoms with Crippen molar-refractivity contribution in [2.45, 2.75) is 13.8 Å². The van der Waals surface area contributed by atoms with Crippen LogP contribution < -0.4 is 10.2 Å². The molecule has 0 saturated carbocycles.